The summed E-state index contributed by atoms with van der Waals surface area (Å²) in [6.07, 6.45) is -5.37. The van der Waals surface area contributed by atoms with E-state index in [1.807, 2.05) is 0 Å². The maximum absolute atomic E-state index is 12.5. The molecule has 0 aliphatic heterocycles. The molecule has 0 saturated carbocycles. The van der Waals surface area contributed by atoms with Gasteiger partial charge in [0.15, 0.2) is 5.82 Å². The number of carbonyl (C=O) groups excluding carboxylic acids is 1. The van der Waals surface area contributed by atoms with Crippen molar-refractivity contribution in [2.75, 3.05) is 5.32 Å². The number of anilines is 1. The van der Waals surface area contributed by atoms with Crippen molar-refractivity contribution in [2.45, 2.75) is 32.5 Å². The smallest absolute Gasteiger partial charge is 0.433 e. The van der Waals surface area contributed by atoms with Gasteiger partial charge in [-0.3, -0.25) is 10.00 Å². The molecule has 1 N–H and O–H groups in total. The Labute approximate surface area is 102 Å². The monoisotopic (exact) mass is 265 g/mol. The number of nitrogens with one attached hydrogen (secondary N) is 1. The third-order valence-corrected chi connectivity index (χ3v) is 1.80. The summed E-state index contributed by atoms with van der Waals surface area (Å²) in [4.78, 5) is 11.3. The van der Waals surface area contributed by atoms with E-state index in [1.54, 1.807) is 20.8 Å². The van der Waals surface area contributed by atoms with Crippen LogP contribution in [0.25, 0.3) is 0 Å². The van der Waals surface area contributed by atoms with Gasteiger partial charge in [0.05, 0.1) is 0 Å². The Bertz CT molecular complexity index is 446. The van der Waals surface area contributed by atoms with Crippen molar-refractivity contribution in [2.24, 2.45) is 7.05 Å². The lowest BCUT2D eigenvalue weighted by atomic mass is 10.2. The Morgan fingerprint density at radius 1 is 1.39 bits per heavy atom. The minimum atomic E-state index is -4.52. The van der Waals surface area contributed by atoms with Crippen LogP contribution >= 0.6 is 0 Å². The number of hydrogen-bond donors (Lipinski definition) is 1. The van der Waals surface area contributed by atoms with Crippen molar-refractivity contribution >= 4 is 11.9 Å². The number of alkyl halides is 3. The molecule has 0 radical (unpaired) electrons. The Balaban J connectivity index is 2.79. The first-order chi connectivity index (χ1) is 7.99. The van der Waals surface area contributed by atoms with E-state index in [-0.39, 0.29) is 5.82 Å². The van der Waals surface area contributed by atoms with Crippen molar-refractivity contribution in [3.63, 3.8) is 0 Å². The molecule has 0 unspecified atom stereocenters. The largest absolute Gasteiger partial charge is 0.444 e. The average Bonchev–Trinajstić information content (AvgIpc) is 2.41. The van der Waals surface area contributed by atoms with Crippen LogP contribution in [0, 0.1) is 0 Å². The number of hydrogen-bond acceptors (Lipinski definition) is 3. The lowest BCUT2D eigenvalue weighted by molar-refractivity contribution is -0.143. The summed E-state index contributed by atoms with van der Waals surface area (Å²) < 4.78 is 42.9. The van der Waals surface area contributed by atoms with Gasteiger partial charge in [0.2, 0.25) is 0 Å². The molecule has 1 amide bonds. The summed E-state index contributed by atoms with van der Waals surface area (Å²) in [5, 5.41) is 5.67. The molecular formula is C10H14F3N3O2. The molecule has 0 fully saturated rings. The SMILES string of the molecule is Cn1nc(NC(=O)OC(C)(C)C)cc1C(F)(F)F. The molecule has 102 valence electrons. The van der Waals surface area contributed by atoms with E-state index < -0.39 is 23.6 Å². The number of ether oxygens (including phenoxy) is 1. The van der Waals surface area contributed by atoms with E-state index in [0.29, 0.717) is 4.68 Å². The number of halogens is 3. The average molecular weight is 265 g/mol. The maximum Gasteiger partial charge on any atom is 0.433 e. The van der Waals surface area contributed by atoms with Crippen LogP contribution in [0.15, 0.2) is 6.07 Å². The zero-order valence-electron chi connectivity index (χ0n) is 10.4. The molecule has 1 aromatic heterocycles. The topological polar surface area (TPSA) is 56.2 Å². The summed E-state index contributed by atoms with van der Waals surface area (Å²) in [7, 11) is 1.14. The molecule has 0 aliphatic rings. The molecular weight excluding hydrogens is 251 g/mol. The number of carbonyl (C=O) groups is 1. The molecule has 0 spiro atoms. The predicted octanol–water partition coefficient (Wildman–Crippen LogP) is 2.79. The van der Waals surface area contributed by atoms with E-state index >= 15 is 0 Å². The Hall–Kier alpha value is -1.73. The highest BCUT2D eigenvalue weighted by Gasteiger charge is 2.35. The van der Waals surface area contributed by atoms with Gasteiger partial charge in [-0.2, -0.15) is 18.3 Å². The normalized spacial score (nSPS) is 12.4. The number of aryl methyl sites for hydroxylation is 1. The molecule has 0 aromatic carbocycles. The molecule has 8 heteroatoms. The summed E-state index contributed by atoms with van der Waals surface area (Å²) in [5.41, 5.74) is -1.68. The fraction of sp³-hybridized carbons (Fsp3) is 0.600. The van der Waals surface area contributed by atoms with Gasteiger partial charge in [0.1, 0.15) is 11.3 Å². The first-order valence-electron chi connectivity index (χ1n) is 5.10. The second-order valence-electron chi connectivity index (χ2n) is 4.66. The molecule has 18 heavy (non-hydrogen) atoms. The van der Waals surface area contributed by atoms with Gasteiger partial charge in [0, 0.05) is 13.1 Å². The first kappa shape index (κ1) is 14.3. The summed E-state index contributed by atoms with van der Waals surface area (Å²) in [6.45, 7) is 4.93. The van der Waals surface area contributed by atoms with Crippen LogP contribution in [-0.2, 0) is 18.0 Å². The third kappa shape index (κ3) is 3.94. The maximum atomic E-state index is 12.5. The number of aromatic nitrogens is 2. The number of rotatable bonds is 1. The van der Waals surface area contributed by atoms with Crippen LogP contribution in [0.3, 0.4) is 0 Å². The minimum absolute atomic E-state index is 0.209. The van der Waals surface area contributed by atoms with Gasteiger partial charge in [0.25, 0.3) is 0 Å². The summed E-state index contributed by atoms with van der Waals surface area (Å²) >= 11 is 0. The van der Waals surface area contributed by atoms with Gasteiger partial charge in [-0.25, -0.2) is 4.79 Å². The minimum Gasteiger partial charge on any atom is -0.444 e. The molecule has 1 aromatic rings. The Kier molecular flexibility index (Phi) is 3.59. The lowest BCUT2D eigenvalue weighted by Gasteiger charge is -2.18. The second kappa shape index (κ2) is 4.51. The molecule has 0 saturated heterocycles. The van der Waals surface area contributed by atoms with Crippen molar-refractivity contribution in [3.05, 3.63) is 11.8 Å². The fourth-order valence-corrected chi connectivity index (χ4v) is 1.20. The molecule has 0 atom stereocenters. The molecule has 0 aliphatic carbocycles. The van der Waals surface area contributed by atoms with Crippen LogP contribution < -0.4 is 5.32 Å². The van der Waals surface area contributed by atoms with Gasteiger partial charge >= 0.3 is 12.3 Å². The third-order valence-electron chi connectivity index (χ3n) is 1.80. The summed E-state index contributed by atoms with van der Waals surface area (Å²) in [5.74, 6) is -0.209. The van der Waals surface area contributed by atoms with Gasteiger partial charge in [-0.05, 0) is 20.8 Å². The highest BCUT2D eigenvalue weighted by molar-refractivity contribution is 5.83. The zero-order chi connectivity index (χ0) is 14.1. The fourth-order valence-electron chi connectivity index (χ4n) is 1.20. The first-order valence-corrected chi connectivity index (χ1v) is 5.10. The quantitative estimate of drug-likeness (QED) is 0.849. The Morgan fingerprint density at radius 3 is 2.33 bits per heavy atom. The van der Waals surface area contributed by atoms with Crippen LogP contribution in [0.4, 0.5) is 23.8 Å². The van der Waals surface area contributed by atoms with E-state index in [2.05, 4.69) is 10.4 Å². The number of amides is 1. The van der Waals surface area contributed by atoms with Crippen molar-refractivity contribution < 1.29 is 22.7 Å². The summed E-state index contributed by atoms with van der Waals surface area (Å²) in [6, 6.07) is 0.740. The van der Waals surface area contributed by atoms with Gasteiger partial charge in [-0.15, -0.1) is 0 Å². The van der Waals surface area contributed by atoms with E-state index in [4.69, 9.17) is 4.74 Å². The van der Waals surface area contributed by atoms with Crippen LogP contribution in [0.1, 0.15) is 26.5 Å². The van der Waals surface area contributed by atoms with Crippen LogP contribution in [0.2, 0.25) is 0 Å². The Morgan fingerprint density at radius 2 is 1.94 bits per heavy atom. The van der Waals surface area contributed by atoms with Crippen molar-refractivity contribution in [1.82, 2.24) is 9.78 Å². The zero-order valence-corrected chi connectivity index (χ0v) is 10.4. The second-order valence-corrected chi connectivity index (χ2v) is 4.66. The molecule has 0 bridgehead atoms. The molecule has 1 heterocycles. The standard InChI is InChI=1S/C10H14F3N3O2/c1-9(2,3)18-8(17)14-7-5-6(10(11,12)13)16(4)15-7/h5H,1-4H3,(H,14,15,17). The highest BCUT2D eigenvalue weighted by Crippen LogP contribution is 2.30. The van der Waals surface area contributed by atoms with Crippen LogP contribution in [0.5, 0.6) is 0 Å². The van der Waals surface area contributed by atoms with E-state index in [1.165, 1.54) is 0 Å². The molecule has 1 rings (SSSR count). The van der Waals surface area contributed by atoms with E-state index in [9.17, 15) is 18.0 Å². The van der Waals surface area contributed by atoms with Crippen molar-refractivity contribution in [3.8, 4) is 0 Å². The predicted molar refractivity (Wildman–Crippen MR) is 58.1 cm³/mol. The van der Waals surface area contributed by atoms with E-state index in [0.717, 1.165) is 13.1 Å². The lowest BCUT2D eigenvalue weighted by Crippen LogP contribution is -2.27. The van der Waals surface area contributed by atoms with Crippen molar-refractivity contribution in [1.29, 1.82) is 0 Å². The van der Waals surface area contributed by atoms with Gasteiger partial charge in [-0.1, -0.05) is 0 Å². The number of nitrogens with zero attached hydrogens (tertiary/aromatic N) is 2. The molecule has 5 nitrogen and oxygen atoms in total. The van der Waals surface area contributed by atoms with Crippen LogP contribution in [-0.4, -0.2) is 21.5 Å². The van der Waals surface area contributed by atoms with Gasteiger partial charge < -0.3 is 4.74 Å². The highest BCUT2D eigenvalue weighted by atomic mass is 19.4.